The molecule has 1 N–H and O–H groups in total. The summed E-state index contributed by atoms with van der Waals surface area (Å²) in [5, 5.41) is 11.5. The van der Waals surface area contributed by atoms with Crippen molar-refractivity contribution in [2.24, 2.45) is 10.6 Å². The van der Waals surface area contributed by atoms with E-state index in [1.807, 2.05) is 13.8 Å². The van der Waals surface area contributed by atoms with Gasteiger partial charge in [-0.05, 0) is 6.92 Å². The highest BCUT2D eigenvalue weighted by molar-refractivity contribution is 5.87. The van der Waals surface area contributed by atoms with E-state index in [1.54, 1.807) is 6.92 Å². The number of esters is 1. The van der Waals surface area contributed by atoms with Gasteiger partial charge in [0.1, 0.15) is 6.61 Å². The SMILES string of the molecule is CC(=O)OCC(C)(C)/C(C)=N/O. The first kappa shape index (κ1) is 10.9. The highest BCUT2D eigenvalue weighted by Crippen LogP contribution is 2.17. The van der Waals surface area contributed by atoms with Crippen LogP contribution in [0.5, 0.6) is 0 Å². The fourth-order valence-electron chi connectivity index (χ4n) is 0.522. The van der Waals surface area contributed by atoms with E-state index < -0.39 is 5.41 Å². The molecule has 0 atom stereocenters. The van der Waals surface area contributed by atoms with Gasteiger partial charge in [-0.1, -0.05) is 19.0 Å². The Balaban J connectivity index is 4.13. The minimum atomic E-state index is -0.402. The van der Waals surface area contributed by atoms with Crippen LogP contribution in [0.2, 0.25) is 0 Å². The van der Waals surface area contributed by atoms with E-state index in [4.69, 9.17) is 9.94 Å². The van der Waals surface area contributed by atoms with E-state index in [0.717, 1.165) is 0 Å². The van der Waals surface area contributed by atoms with Gasteiger partial charge < -0.3 is 9.94 Å². The molecule has 0 aromatic heterocycles. The zero-order valence-electron chi connectivity index (χ0n) is 7.92. The van der Waals surface area contributed by atoms with Crippen molar-refractivity contribution in [1.82, 2.24) is 0 Å². The molecule has 0 aromatic rings. The maximum absolute atomic E-state index is 10.5. The molecule has 4 heteroatoms. The summed E-state index contributed by atoms with van der Waals surface area (Å²) in [6.07, 6.45) is 0. The third-order valence-electron chi connectivity index (χ3n) is 1.77. The van der Waals surface area contributed by atoms with E-state index in [9.17, 15) is 4.79 Å². The van der Waals surface area contributed by atoms with Crippen molar-refractivity contribution in [2.75, 3.05) is 6.61 Å². The predicted octanol–water partition coefficient (Wildman–Crippen LogP) is 1.43. The number of carbonyl (C=O) groups is 1. The zero-order valence-corrected chi connectivity index (χ0v) is 7.92. The molecular weight excluding hydrogens is 158 g/mol. The molecule has 0 spiro atoms. The predicted molar refractivity (Wildman–Crippen MR) is 45.3 cm³/mol. The largest absolute Gasteiger partial charge is 0.465 e. The van der Waals surface area contributed by atoms with E-state index in [0.29, 0.717) is 5.71 Å². The lowest BCUT2D eigenvalue weighted by Gasteiger charge is -2.22. The smallest absolute Gasteiger partial charge is 0.302 e. The van der Waals surface area contributed by atoms with Crippen molar-refractivity contribution in [3.63, 3.8) is 0 Å². The van der Waals surface area contributed by atoms with Gasteiger partial charge in [0.2, 0.25) is 0 Å². The first-order valence-electron chi connectivity index (χ1n) is 3.72. The minimum absolute atomic E-state index is 0.234. The number of ether oxygens (including phenoxy) is 1. The summed E-state index contributed by atoms with van der Waals surface area (Å²) < 4.78 is 4.80. The molecule has 0 saturated carbocycles. The Labute approximate surface area is 72.2 Å². The number of rotatable bonds is 3. The summed E-state index contributed by atoms with van der Waals surface area (Å²) in [4.78, 5) is 10.5. The first-order valence-corrected chi connectivity index (χ1v) is 3.72. The van der Waals surface area contributed by atoms with E-state index >= 15 is 0 Å². The zero-order chi connectivity index (χ0) is 9.78. The molecule has 0 aromatic carbocycles. The highest BCUT2D eigenvalue weighted by atomic mass is 16.5. The van der Waals surface area contributed by atoms with Crippen LogP contribution in [-0.4, -0.2) is 23.5 Å². The van der Waals surface area contributed by atoms with Crippen LogP contribution in [0.1, 0.15) is 27.7 Å². The summed E-state index contributed by atoms with van der Waals surface area (Å²) in [5.41, 5.74) is 0.143. The van der Waals surface area contributed by atoms with Gasteiger partial charge >= 0.3 is 5.97 Å². The van der Waals surface area contributed by atoms with Gasteiger partial charge in [-0.2, -0.15) is 0 Å². The average molecular weight is 173 g/mol. The molecule has 0 rings (SSSR count). The van der Waals surface area contributed by atoms with E-state index in [1.165, 1.54) is 6.92 Å². The molecule has 0 bridgehead atoms. The van der Waals surface area contributed by atoms with Crippen LogP contribution in [0.3, 0.4) is 0 Å². The molecule has 4 nitrogen and oxygen atoms in total. The second-order valence-corrected chi connectivity index (χ2v) is 3.35. The molecule has 0 aliphatic heterocycles. The van der Waals surface area contributed by atoms with Crippen LogP contribution in [0.4, 0.5) is 0 Å². The van der Waals surface area contributed by atoms with Gasteiger partial charge in [-0.3, -0.25) is 4.79 Å². The second kappa shape index (κ2) is 4.09. The third-order valence-corrected chi connectivity index (χ3v) is 1.77. The summed E-state index contributed by atoms with van der Waals surface area (Å²) in [6, 6.07) is 0. The molecule has 0 heterocycles. The Morgan fingerprint density at radius 3 is 2.33 bits per heavy atom. The van der Waals surface area contributed by atoms with Crippen molar-refractivity contribution in [3.05, 3.63) is 0 Å². The number of carbonyl (C=O) groups excluding carboxylic acids is 1. The minimum Gasteiger partial charge on any atom is -0.465 e. The topological polar surface area (TPSA) is 58.9 Å². The Hall–Kier alpha value is -1.06. The Morgan fingerprint density at radius 1 is 1.50 bits per heavy atom. The van der Waals surface area contributed by atoms with Crippen LogP contribution in [0, 0.1) is 5.41 Å². The molecule has 0 aliphatic rings. The van der Waals surface area contributed by atoms with Crippen LogP contribution in [-0.2, 0) is 9.53 Å². The fraction of sp³-hybridized carbons (Fsp3) is 0.750. The Morgan fingerprint density at radius 2 is 2.00 bits per heavy atom. The lowest BCUT2D eigenvalue weighted by Crippen LogP contribution is -2.28. The van der Waals surface area contributed by atoms with Crippen LogP contribution >= 0.6 is 0 Å². The molecule has 0 radical (unpaired) electrons. The molecule has 0 fully saturated rings. The van der Waals surface area contributed by atoms with Crippen LogP contribution in [0.25, 0.3) is 0 Å². The van der Waals surface area contributed by atoms with Crippen molar-refractivity contribution in [2.45, 2.75) is 27.7 Å². The number of nitrogens with zero attached hydrogens (tertiary/aromatic N) is 1. The summed E-state index contributed by atoms with van der Waals surface area (Å²) in [5.74, 6) is -0.325. The van der Waals surface area contributed by atoms with Crippen molar-refractivity contribution < 1.29 is 14.7 Å². The number of hydrogen-bond acceptors (Lipinski definition) is 4. The lowest BCUT2D eigenvalue weighted by atomic mass is 9.89. The second-order valence-electron chi connectivity index (χ2n) is 3.35. The maximum atomic E-state index is 10.5. The molecule has 0 unspecified atom stereocenters. The molecule has 0 amide bonds. The third kappa shape index (κ3) is 3.37. The molecule has 0 saturated heterocycles. The molecular formula is C8H15NO3. The van der Waals surface area contributed by atoms with Crippen molar-refractivity contribution >= 4 is 11.7 Å². The van der Waals surface area contributed by atoms with Crippen LogP contribution < -0.4 is 0 Å². The maximum Gasteiger partial charge on any atom is 0.302 e. The molecule has 12 heavy (non-hydrogen) atoms. The van der Waals surface area contributed by atoms with E-state index in [-0.39, 0.29) is 12.6 Å². The van der Waals surface area contributed by atoms with Gasteiger partial charge in [0.05, 0.1) is 5.71 Å². The number of oxime groups is 1. The molecule has 0 aliphatic carbocycles. The quantitative estimate of drug-likeness (QED) is 0.304. The normalized spacial score (nSPS) is 12.8. The monoisotopic (exact) mass is 173 g/mol. The van der Waals surface area contributed by atoms with Gasteiger partial charge in [0.15, 0.2) is 0 Å². The van der Waals surface area contributed by atoms with Gasteiger partial charge in [-0.15, -0.1) is 0 Å². The average Bonchev–Trinajstić information content (AvgIpc) is 1.99. The highest BCUT2D eigenvalue weighted by Gasteiger charge is 2.23. The fourth-order valence-corrected chi connectivity index (χ4v) is 0.522. The van der Waals surface area contributed by atoms with Gasteiger partial charge in [0, 0.05) is 12.3 Å². The van der Waals surface area contributed by atoms with Crippen molar-refractivity contribution in [1.29, 1.82) is 0 Å². The first-order chi connectivity index (χ1) is 5.40. The van der Waals surface area contributed by atoms with Gasteiger partial charge in [-0.25, -0.2) is 0 Å². The Bertz CT molecular complexity index is 196. The summed E-state index contributed by atoms with van der Waals surface area (Å²) >= 11 is 0. The number of hydrogen-bond donors (Lipinski definition) is 1. The summed E-state index contributed by atoms with van der Waals surface area (Å²) in [7, 11) is 0. The van der Waals surface area contributed by atoms with Gasteiger partial charge in [0.25, 0.3) is 0 Å². The molecule has 70 valence electrons. The Kier molecular flexibility index (Phi) is 3.73. The lowest BCUT2D eigenvalue weighted by molar-refractivity contribution is -0.142. The standard InChI is InChI=1S/C8H15NO3/c1-6(9-11)8(3,4)5-12-7(2)10/h11H,5H2,1-4H3/b9-6+. The van der Waals surface area contributed by atoms with Crippen molar-refractivity contribution in [3.8, 4) is 0 Å². The van der Waals surface area contributed by atoms with E-state index in [2.05, 4.69) is 5.16 Å². The summed E-state index contributed by atoms with van der Waals surface area (Å²) in [6.45, 7) is 6.94. The van der Waals surface area contributed by atoms with Crippen LogP contribution in [0.15, 0.2) is 5.16 Å².